The first kappa shape index (κ1) is 60.6. The number of unbranched alkanes of at least 4 members (excludes halogenated alkanes) is 2. The van der Waals surface area contributed by atoms with Gasteiger partial charge in [-0.15, -0.1) is 0 Å². The van der Waals surface area contributed by atoms with E-state index in [1.807, 2.05) is 110 Å². The van der Waals surface area contributed by atoms with E-state index in [1.54, 1.807) is 12.1 Å². The second kappa shape index (κ2) is 24.4. The Labute approximate surface area is 467 Å². The smallest absolute Gasteiger partial charge is 0.344 e. The molecule has 2 aliphatic heterocycles. The molecule has 2 aliphatic rings. The molecular weight excluding hydrogens is 1060 g/mol. The second-order valence-electron chi connectivity index (χ2n) is 22.7. The molecule has 0 spiro atoms. The maximum absolute atomic E-state index is 13.1. The van der Waals surface area contributed by atoms with E-state index in [0.29, 0.717) is 105 Å². The Balaban J connectivity index is 0.000000232. The number of hydrogen-bond acceptors (Lipinski definition) is 15. The molecule has 0 fully saturated rings. The van der Waals surface area contributed by atoms with Gasteiger partial charge in [0.25, 0.3) is 0 Å². The van der Waals surface area contributed by atoms with Crippen LogP contribution in [0.25, 0.3) is 55.3 Å². The molecule has 8 rings (SSSR count). The molecular formula is C60H72N4O14S2. The lowest BCUT2D eigenvalue weighted by atomic mass is 9.87. The van der Waals surface area contributed by atoms with E-state index >= 15 is 0 Å². The van der Waals surface area contributed by atoms with Crippen LogP contribution in [0.1, 0.15) is 125 Å². The first-order valence-electron chi connectivity index (χ1n) is 26.8. The maximum Gasteiger partial charge on any atom is 0.344 e. The van der Waals surface area contributed by atoms with E-state index in [4.69, 9.17) is 18.7 Å². The number of allylic oxidation sites excluding steroid dienone is 2. The molecule has 0 radical (unpaired) electrons. The third kappa shape index (κ3) is 15.9. The maximum atomic E-state index is 13.1. The number of carboxylic acids is 1. The fraction of sp³-hybridized carbons (Fsp3) is 0.433. The van der Waals surface area contributed by atoms with E-state index < -0.39 is 43.1 Å². The largest absolute Gasteiger partial charge is 0.748 e. The lowest BCUT2D eigenvalue weighted by Crippen LogP contribution is -2.45. The fourth-order valence-corrected chi connectivity index (χ4v) is 11.6. The molecule has 2 aromatic carbocycles. The monoisotopic (exact) mass is 1140 g/mol. The summed E-state index contributed by atoms with van der Waals surface area (Å²) in [5, 5.41) is 10.7. The van der Waals surface area contributed by atoms with Crippen LogP contribution in [-0.4, -0.2) is 84.3 Å². The van der Waals surface area contributed by atoms with E-state index in [9.17, 15) is 45.1 Å². The van der Waals surface area contributed by atoms with Crippen molar-refractivity contribution < 1.29 is 63.3 Å². The number of rotatable bonds is 20. The number of carboxylic acid groups (broad SMARTS) is 1. The Morgan fingerprint density at radius 3 is 1.34 bits per heavy atom. The number of aliphatic carboxylic acids is 1. The molecule has 6 aromatic rings. The van der Waals surface area contributed by atoms with Gasteiger partial charge in [-0.2, -0.15) is 0 Å². The van der Waals surface area contributed by atoms with E-state index in [-0.39, 0.29) is 35.0 Å². The number of benzene rings is 2. The summed E-state index contributed by atoms with van der Waals surface area (Å²) in [5.41, 5.74) is 7.32. The van der Waals surface area contributed by atoms with Gasteiger partial charge in [0.2, 0.25) is 0 Å². The minimum absolute atomic E-state index is 0.0791. The van der Waals surface area contributed by atoms with Crippen LogP contribution in [0.3, 0.4) is 0 Å². The van der Waals surface area contributed by atoms with Gasteiger partial charge in [-0.3, -0.25) is 9.59 Å². The third-order valence-corrected chi connectivity index (χ3v) is 15.7. The number of aryl methyl sites for hydroxylation is 2. The Hall–Kier alpha value is -7.00. The van der Waals surface area contributed by atoms with Crippen LogP contribution in [0.5, 0.6) is 0 Å². The van der Waals surface area contributed by atoms with Gasteiger partial charge in [0, 0.05) is 131 Å². The minimum atomic E-state index is -4.20. The number of hydrogen-bond donors (Lipinski definition) is 1. The Kier molecular flexibility index (Phi) is 18.5. The minimum Gasteiger partial charge on any atom is -0.748 e. The van der Waals surface area contributed by atoms with Gasteiger partial charge in [0.15, 0.2) is 24.8 Å². The first-order chi connectivity index (χ1) is 37.4. The van der Waals surface area contributed by atoms with Crippen LogP contribution < -0.4 is 30.2 Å². The molecule has 0 saturated carbocycles. The van der Waals surface area contributed by atoms with Gasteiger partial charge >= 0.3 is 23.2 Å². The summed E-state index contributed by atoms with van der Waals surface area (Å²) in [6.07, 6.45) is 14.8. The molecule has 4 aromatic heterocycles. The van der Waals surface area contributed by atoms with Crippen LogP contribution in [0.4, 0.5) is 11.4 Å². The van der Waals surface area contributed by atoms with Gasteiger partial charge in [-0.1, -0.05) is 12.2 Å². The number of nitrogens with zero attached hydrogens (tertiary/aromatic N) is 4. The van der Waals surface area contributed by atoms with Crippen molar-refractivity contribution in [2.75, 3.05) is 34.4 Å². The molecule has 6 heterocycles. The van der Waals surface area contributed by atoms with Crippen LogP contribution in [0.2, 0.25) is 0 Å². The molecule has 18 nitrogen and oxygen atoms in total. The quantitative estimate of drug-likeness (QED) is 0.0246. The molecule has 80 heavy (non-hydrogen) atoms. The highest BCUT2D eigenvalue weighted by atomic mass is 32.2. The Bertz CT molecular complexity index is 3710. The van der Waals surface area contributed by atoms with Crippen molar-refractivity contribution in [2.24, 2.45) is 0 Å². The Morgan fingerprint density at radius 2 is 0.975 bits per heavy atom. The predicted octanol–water partition coefficient (Wildman–Crippen LogP) is 9.14. The zero-order chi connectivity index (χ0) is 58.5. The highest BCUT2D eigenvalue weighted by molar-refractivity contribution is 7.85. The van der Waals surface area contributed by atoms with Crippen LogP contribution in [0, 0.1) is 0 Å². The number of ether oxygens (including phenoxy) is 1. The third-order valence-electron chi connectivity index (χ3n) is 14.1. The molecule has 428 valence electrons. The zero-order valence-corrected chi connectivity index (χ0v) is 48.6. The van der Waals surface area contributed by atoms with Crippen LogP contribution in [-0.2, 0) is 47.7 Å². The number of aromatic nitrogens is 2. The lowest BCUT2D eigenvalue weighted by Gasteiger charge is -2.43. The molecule has 0 saturated heterocycles. The highest BCUT2D eigenvalue weighted by Gasteiger charge is 2.34. The van der Waals surface area contributed by atoms with Crippen LogP contribution in [0.15, 0.2) is 116 Å². The number of pyridine rings is 2. The SMILES string of the molecule is CC1=CC(C)(C)N(CCCC(=O)O)c2cc3oc(=O)c(-c4cc[n+](CCCCS(=O)(=O)[O-])cc4)cc3cc21.CC1=CC(C)(C)N(CCCC(=O)OC(C)(C)C)c2cc3oc(=O)c(-c4cc[n+](CCCCS(=O)(=O)[O-])cc4)cc3cc21. The van der Waals surface area contributed by atoms with Crippen molar-refractivity contribution in [2.45, 2.75) is 143 Å². The zero-order valence-electron chi connectivity index (χ0n) is 47.0. The molecule has 0 bridgehead atoms. The standard InChI is InChI=1S/C32H40N2O7S.C28H32N2O7S/c1-22-21-32(5,6)34(14-9-10-29(35)41-31(2,3)4)27-20-28-24(18-25(22)27)19-26(30(36)40-28)23-11-15-33(16-12-23)13-7-8-17-42(37,38)39;1-19-18-28(2,3)30(11-6-7-26(31)32)24-17-25-21(15-22(19)24)16-23(27(33)37-25)20-8-12-29(13-9-20)10-4-5-14-38(34,35)36/h11-12,15-16,18-21H,7-10,13-14,17H2,1-6H3;8-9,12-13,15-18H,4-7,10-11,14H2,1-3H3,(H-,31,32,34,35,36). The number of carbonyl (C=O) groups is 2. The number of carbonyl (C=O) groups excluding carboxylic acids is 1. The summed E-state index contributed by atoms with van der Waals surface area (Å²) < 4.78 is 85.4. The van der Waals surface area contributed by atoms with E-state index in [0.717, 1.165) is 44.4 Å². The molecule has 20 heteroatoms. The topological polar surface area (TPSA) is 253 Å². The molecule has 0 atom stereocenters. The lowest BCUT2D eigenvalue weighted by molar-refractivity contribution is -0.697. The van der Waals surface area contributed by atoms with Crippen molar-refractivity contribution in [3.8, 4) is 22.3 Å². The normalized spacial score (nSPS) is 14.9. The second-order valence-corrected chi connectivity index (χ2v) is 25.8. The van der Waals surface area contributed by atoms with Gasteiger partial charge in [-0.25, -0.2) is 35.6 Å². The van der Waals surface area contributed by atoms with Crippen molar-refractivity contribution >= 4 is 76.6 Å². The van der Waals surface area contributed by atoms with Crippen LogP contribution >= 0.6 is 0 Å². The fourth-order valence-electron chi connectivity index (χ4n) is 10.5. The predicted molar refractivity (Wildman–Crippen MR) is 306 cm³/mol. The number of esters is 1. The average Bonchev–Trinajstić information content (AvgIpc) is 3.35. The van der Waals surface area contributed by atoms with E-state index in [1.165, 1.54) is 0 Å². The summed E-state index contributed by atoms with van der Waals surface area (Å²) in [7, 11) is -8.40. The van der Waals surface area contributed by atoms with Gasteiger partial charge in [0.05, 0.1) is 42.4 Å². The van der Waals surface area contributed by atoms with Crippen molar-refractivity contribution in [3.63, 3.8) is 0 Å². The van der Waals surface area contributed by atoms with Crippen molar-refractivity contribution in [1.29, 1.82) is 0 Å². The summed E-state index contributed by atoms with van der Waals surface area (Å²) in [6, 6.07) is 18.8. The number of anilines is 2. The van der Waals surface area contributed by atoms with Gasteiger partial charge in [-0.05, 0) is 123 Å². The molecule has 0 unspecified atom stereocenters. The van der Waals surface area contributed by atoms with Crippen molar-refractivity contribution in [1.82, 2.24) is 0 Å². The summed E-state index contributed by atoms with van der Waals surface area (Å²) >= 11 is 0. The van der Waals surface area contributed by atoms with E-state index in [2.05, 4.69) is 56.6 Å². The summed E-state index contributed by atoms with van der Waals surface area (Å²) in [4.78, 5) is 53.8. The first-order valence-corrected chi connectivity index (χ1v) is 30.0. The Morgan fingerprint density at radius 1 is 0.600 bits per heavy atom. The van der Waals surface area contributed by atoms with Crippen molar-refractivity contribution in [3.05, 3.63) is 130 Å². The molecule has 1 N–H and O–H groups in total. The summed E-state index contributed by atoms with van der Waals surface area (Å²) in [5.74, 6) is -1.80. The molecule has 0 aliphatic carbocycles. The number of fused-ring (bicyclic) bond motifs is 4. The van der Waals surface area contributed by atoms with Gasteiger partial charge < -0.3 is 37.6 Å². The average molecular weight is 1140 g/mol. The van der Waals surface area contributed by atoms with Gasteiger partial charge in [0.1, 0.15) is 29.9 Å². The summed E-state index contributed by atoms with van der Waals surface area (Å²) in [6.45, 7) is 20.4. The molecule has 0 amide bonds. The highest BCUT2D eigenvalue weighted by Crippen LogP contribution is 2.43.